The third-order valence-corrected chi connectivity index (χ3v) is 6.37. The van der Waals surface area contributed by atoms with Gasteiger partial charge >= 0.3 is 0 Å². The predicted octanol–water partition coefficient (Wildman–Crippen LogP) is 5.70. The normalized spacial score (nSPS) is 11.1. The first-order valence-corrected chi connectivity index (χ1v) is 10.9. The highest BCUT2D eigenvalue weighted by atomic mass is 32.1. The Morgan fingerprint density at radius 3 is 2.53 bits per heavy atom. The van der Waals surface area contributed by atoms with Gasteiger partial charge in [-0.25, -0.2) is 4.98 Å². The number of fused-ring (bicyclic) bond motifs is 1. The van der Waals surface area contributed by atoms with Crippen LogP contribution in [0.15, 0.2) is 54.9 Å². The molecule has 0 aliphatic rings. The zero-order valence-corrected chi connectivity index (χ0v) is 18.6. The minimum Gasteiger partial charge on any atom is -0.283 e. The van der Waals surface area contributed by atoms with Gasteiger partial charge in [-0.15, -0.1) is 0 Å². The van der Waals surface area contributed by atoms with Gasteiger partial charge in [0, 0.05) is 12.4 Å². The number of aryl methyl sites for hydroxylation is 4. The smallest absolute Gasteiger partial charge is 0.233 e. The monoisotopic (exact) mass is 415 g/mol. The molecule has 4 aromatic rings. The molecule has 0 aliphatic heterocycles. The van der Waals surface area contributed by atoms with Gasteiger partial charge in [0.2, 0.25) is 5.91 Å². The number of benzene rings is 2. The molecule has 2 aromatic carbocycles. The van der Waals surface area contributed by atoms with E-state index in [9.17, 15) is 4.79 Å². The molecule has 0 bridgehead atoms. The van der Waals surface area contributed by atoms with Crippen LogP contribution < -0.4 is 4.90 Å². The van der Waals surface area contributed by atoms with Crippen LogP contribution in [0.25, 0.3) is 10.2 Å². The number of anilines is 1. The Balaban J connectivity index is 1.71. The number of hydrogen-bond donors (Lipinski definition) is 0. The van der Waals surface area contributed by atoms with Crippen molar-refractivity contribution in [2.45, 2.75) is 40.7 Å². The van der Waals surface area contributed by atoms with Crippen LogP contribution in [0.3, 0.4) is 0 Å². The largest absolute Gasteiger partial charge is 0.283 e. The van der Waals surface area contributed by atoms with Crippen molar-refractivity contribution in [1.29, 1.82) is 0 Å². The summed E-state index contributed by atoms with van der Waals surface area (Å²) in [4.78, 5) is 24.3. The van der Waals surface area contributed by atoms with Crippen LogP contribution in [0.1, 0.15) is 33.4 Å². The molecule has 2 heterocycles. The lowest BCUT2D eigenvalue weighted by Gasteiger charge is -2.20. The topological polar surface area (TPSA) is 46.1 Å². The Morgan fingerprint density at radius 1 is 0.967 bits per heavy atom. The zero-order valence-electron chi connectivity index (χ0n) is 17.8. The molecule has 0 saturated carbocycles. The first kappa shape index (κ1) is 20.2. The molecule has 2 aromatic heterocycles. The Labute approximate surface area is 181 Å². The van der Waals surface area contributed by atoms with Gasteiger partial charge in [-0.2, -0.15) is 0 Å². The average Bonchev–Trinajstić information content (AvgIpc) is 3.13. The molecule has 152 valence electrons. The summed E-state index contributed by atoms with van der Waals surface area (Å²) in [7, 11) is 0. The summed E-state index contributed by atoms with van der Waals surface area (Å²) in [5.41, 5.74) is 7.74. The Kier molecular flexibility index (Phi) is 5.64. The second-order valence-corrected chi connectivity index (χ2v) is 8.87. The van der Waals surface area contributed by atoms with Gasteiger partial charge in [0.25, 0.3) is 0 Å². The molecule has 0 unspecified atom stereocenters. The van der Waals surface area contributed by atoms with E-state index in [0.29, 0.717) is 13.0 Å². The molecule has 5 heteroatoms. The van der Waals surface area contributed by atoms with Crippen molar-refractivity contribution in [2.24, 2.45) is 0 Å². The van der Waals surface area contributed by atoms with Crippen molar-refractivity contribution in [1.82, 2.24) is 9.97 Å². The Morgan fingerprint density at radius 2 is 1.80 bits per heavy atom. The summed E-state index contributed by atoms with van der Waals surface area (Å²) in [6, 6.07) is 14.4. The molecular formula is C25H25N3OS. The van der Waals surface area contributed by atoms with E-state index < -0.39 is 0 Å². The van der Waals surface area contributed by atoms with Crippen molar-refractivity contribution in [3.8, 4) is 0 Å². The standard InChI is InChI=1S/C25H25N3OS/c1-16-10-19(4)24-22(11-16)30-25(27-24)28(15-21-6-5-9-26-14-21)23(29)13-20-8-7-17(2)18(3)12-20/h5-12,14H,13,15H2,1-4H3. The first-order valence-electron chi connectivity index (χ1n) is 10.0. The van der Waals surface area contributed by atoms with Crippen molar-refractivity contribution in [3.05, 3.63) is 88.2 Å². The van der Waals surface area contributed by atoms with Gasteiger partial charge < -0.3 is 0 Å². The third kappa shape index (κ3) is 4.26. The van der Waals surface area contributed by atoms with Crippen molar-refractivity contribution >= 4 is 32.6 Å². The fourth-order valence-corrected chi connectivity index (χ4v) is 4.75. The molecular weight excluding hydrogens is 390 g/mol. The van der Waals surface area contributed by atoms with Crippen LogP contribution in [-0.4, -0.2) is 15.9 Å². The van der Waals surface area contributed by atoms with E-state index in [0.717, 1.165) is 32.0 Å². The molecule has 0 fully saturated rings. The lowest BCUT2D eigenvalue weighted by Crippen LogP contribution is -2.31. The molecule has 0 saturated heterocycles. The first-order chi connectivity index (χ1) is 14.4. The van der Waals surface area contributed by atoms with Crippen LogP contribution >= 0.6 is 11.3 Å². The number of carbonyl (C=O) groups is 1. The van der Waals surface area contributed by atoms with Crippen molar-refractivity contribution in [2.75, 3.05) is 4.90 Å². The van der Waals surface area contributed by atoms with E-state index in [2.05, 4.69) is 56.9 Å². The molecule has 1 amide bonds. The van der Waals surface area contributed by atoms with E-state index in [4.69, 9.17) is 4.98 Å². The van der Waals surface area contributed by atoms with E-state index >= 15 is 0 Å². The molecule has 4 nitrogen and oxygen atoms in total. The molecule has 0 N–H and O–H groups in total. The highest BCUT2D eigenvalue weighted by Crippen LogP contribution is 2.33. The molecule has 0 atom stereocenters. The third-order valence-electron chi connectivity index (χ3n) is 5.34. The Hall–Kier alpha value is -3.05. The summed E-state index contributed by atoms with van der Waals surface area (Å²) < 4.78 is 1.11. The lowest BCUT2D eigenvalue weighted by molar-refractivity contribution is -0.118. The van der Waals surface area contributed by atoms with E-state index in [1.165, 1.54) is 16.7 Å². The van der Waals surface area contributed by atoms with Gasteiger partial charge in [0.15, 0.2) is 5.13 Å². The number of thiazole rings is 1. The quantitative estimate of drug-likeness (QED) is 0.420. The van der Waals surface area contributed by atoms with Crippen LogP contribution in [-0.2, 0) is 17.8 Å². The summed E-state index contributed by atoms with van der Waals surface area (Å²) in [5.74, 6) is 0.0375. The lowest BCUT2D eigenvalue weighted by atomic mass is 10.0. The summed E-state index contributed by atoms with van der Waals surface area (Å²) in [5, 5.41) is 0.733. The van der Waals surface area contributed by atoms with E-state index in [-0.39, 0.29) is 5.91 Å². The second-order valence-electron chi connectivity index (χ2n) is 7.86. The van der Waals surface area contributed by atoms with Gasteiger partial charge in [-0.05, 0) is 73.2 Å². The number of aromatic nitrogens is 2. The van der Waals surface area contributed by atoms with Gasteiger partial charge in [0.1, 0.15) is 0 Å². The predicted molar refractivity (Wildman–Crippen MR) is 124 cm³/mol. The molecule has 4 rings (SSSR count). The molecule has 0 aliphatic carbocycles. The minimum atomic E-state index is 0.0375. The highest BCUT2D eigenvalue weighted by molar-refractivity contribution is 7.22. The van der Waals surface area contributed by atoms with Crippen LogP contribution in [0.2, 0.25) is 0 Å². The van der Waals surface area contributed by atoms with E-state index in [1.54, 1.807) is 28.6 Å². The number of amides is 1. The maximum absolute atomic E-state index is 13.4. The average molecular weight is 416 g/mol. The molecule has 30 heavy (non-hydrogen) atoms. The zero-order chi connectivity index (χ0) is 21.3. The highest BCUT2D eigenvalue weighted by Gasteiger charge is 2.21. The SMILES string of the molecule is Cc1cc(C)c2nc(N(Cc3cccnc3)C(=O)Cc3ccc(C)c(C)c3)sc2c1. The number of rotatable bonds is 5. The van der Waals surface area contributed by atoms with Crippen molar-refractivity contribution < 1.29 is 4.79 Å². The van der Waals surface area contributed by atoms with Crippen LogP contribution in [0.5, 0.6) is 0 Å². The summed E-state index contributed by atoms with van der Waals surface area (Å²) in [6.07, 6.45) is 3.89. The van der Waals surface area contributed by atoms with Gasteiger partial charge in [-0.1, -0.05) is 41.7 Å². The summed E-state index contributed by atoms with van der Waals surface area (Å²) >= 11 is 1.57. The molecule has 0 spiro atoms. The summed E-state index contributed by atoms with van der Waals surface area (Å²) in [6.45, 7) is 8.77. The number of pyridine rings is 1. The number of nitrogens with zero attached hydrogens (tertiary/aromatic N) is 3. The van der Waals surface area contributed by atoms with Gasteiger partial charge in [-0.3, -0.25) is 14.7 Å². The number of hydrogen-bond acceptors (Lipinski definition) is 4. The second kappa shape index (κ2) is 8.36. The molecule has 0 radical (unpaired) electrons. The fraction of sp³-hybridized carbons (Fsp3) is 0.240. The fourth-order valence-electron chi connectivity index (χ4n) is 3.59. The van der Waals surface area contributed by atoms with Crippen molar-refractivity contribution in [3.63, 3.8) is 0 Å². The minimum absolute atomic E-state index is 0.0375. The maximum atomic E-state index is 13.4. The maximum Gasteiger partial charge on any atom is 0.233 e. The number of carbonyl (C=O) groups excluding carboxylic acids is 1. The Bertz CT molecular complexity index is 1210. The van der Waals surface area contributed by atoms with Crippen LogP contribution in [0.4, 0.5) is 5.13 Å². The van der Waals surface area contributed by atoms with Crippen LogP contribution in [0, 0.1) is 27.7 Å². The van der Waals surface area contributed by atoms with Gasteiger partial charge in [0.05, 0.1) is 23.2 Å². The van der Waals surface area contributed by atoms with E-state index in [1.807, 2.05) is 18.2 Å².